The van der Waals surface area contributed by atoms with Gasteiger partial charge in [0.2, 0.25) is 11.8 Å². The molecule has 0 aliphatic carbocycles. The maximum absolute atomic E-state index is 14.0. The highest BCUT2D eigenvalue weighted by Gasteiger charge is 2.54. The summed E-state index contributed by atoms with van der Waals surface area (Å²) in [6.07, 6.45) is -3.64. The van der Waals surface area contributed by atoms with Crippen LogP contribution < -0.4 is 5.32 Å². The van der Waals surface area contributed by atoms with Gasteiger partial charge in [0.15, 0.2) is 0 Å². The molecule has 0 aromatic carbocycles. The van der Waals surface area contributed by atoms with Gasteiger partial charge in [-0.15, -0.1) is 0 Å². The van der Waals surface area contributed by atoms with Crippen LogP contribution in [0.25, 0.3) is 0 Å². The predicted molar refractivity (Wildman–Crippen MR) is 150 cm³/mol. The quantitative estimate of drug-likeness (QED) is 0.0386. The Bertz CT molecular complexity index is 1000. The van der Waals surface area contributed by atoms with Crippen molar-refractivity contribution in [3.8, 4) is 0 Å². The molecule has 0 fully saturated rings. The van der Waals surface area contributed by atoms with Gasteiger partial charge >= 0.3 is 26.7 Å². The van der Waals surface area contributed by atoms with Crippen LogP contribution in [0.4, 0.5) is 0 Å². The van der Waals surface area contributed by atoms with Crippen molar-refractivity contribution >= 4 is 51.5 Å². The summed E-state index contributed by atoms with van der Waals surface area (Å²) in [7, 11) is -4.46. The average Bonchev–Trinajstić information content (AvgIpc) is 2.92. The second-order valence-electron chi connectivity index (χ2n) is 10.3. The molecule has 17 nitrogen and oxygen atoms in total. The molecule has 0 aromatic rings. The molecule has 0 aliphatic heterocycles. The Morgan fingerprint density at radius 2 is 1.32 bits per heavy atom. The molecule has 0 saturated carbocycles. The summed E-state index contributed by atoms with van der Waals surface area (Å²) in [5, 5.41) is 32.3. The minimum atomic E-state index is -4.46. The molecule has 252 valence electrons. The van der Waals surface area contributed by atoms with Crippen molar-refractivity contribution in [3.05, 3.63) is 0 Å². The number of carbonyl (C=O) groups is 7. The smallest absolute Gasteiger partial charge is 0.481 e. The van der Waals surface area contributed by atoms with E-state index in [1.54, 1.807) is 13.8 Å². The SMILES string of the molecule is CCC(OC=O)C(C(=O)NCCC[Si](O)(O)O)[C@@H](OC=O)C(C(=O)N(CC)CC)[C@@H](C(=O)O)[C@@H](C)[C@@H](C(=O)O)C(C)C(=O)O. The standard InChI is InChI=1S/C26H44N2O15Si/c1-6-16(42-12-29)19(22(31)27-10-9-11-44(39,40)41)21(43-13-30)20(23(32)28(7-2)8-3)18(26(37)38)14(4)17(25(35)36)15(5)24(33)34/h12-21,39-41H,6-11H2,1-5H3,(H,27,31)(H,33,34)(H,35,36)(H,37,38)/t14-,15?,16?,17+,18-,19?,20?,21+/m0/s1. The largest absolute Gasteiger partial charge is 0.492 e. The molecule has 0 saturated heterocycles. The number of nitrogens with one attached hydrogen (secondary N) is 1. The summed E-state index contributed by atoms with van der Waals surface area (Å²) in [5.41, 5.74) is 0. The van der Waals surface area contributed by atoms with Crippen molar-refractivity contribution in [1.29, 1.82) is 0 Å². The third-order valence-electron chi connectivity index (χ3n) is 7.62. The van der Waals surface area contributed by atoms with Gasteiger partial charge in [-0.1, -0.05) is 20.8 Å². The third kappa shape index (κ3) is 11.5. The van der Waals surface area contributed by atoms with Crippen LogP contribution in [0, 0.1) is 35.5 Å². The van der Waals surface area contributed by atoms with E-state index in [0.717, 1.165) is 18.7 Å². The van der Waals surface area contributed by atoms with Gasteiger partial charge < -0.3 is 49.4 Å². The van der Waals surface area contributed by atoms with E-state index in [2.05, 4.69) is 5.32 Å². The maximum Gasteiger partial charge on any atom is 0.492 e. The minimum absolute atomic E-state index is 0.0107. The van der Waals surface area contributed by atoms with Crippen LogP contribution in [0.3, 0.4) is 0 Å². The summed E-state index contributed by atoms with van der Waals surface area (Å²) in [6.45, 7) is 6.37. The summed E-state index contributed by atoms with van der Waals surface area (Å²) < 4.78 is 10.3. The first-order valence-corrected chi connectivity index (χ1v) is 16.1. The summed E-state index contributed by atoms with van der Waals surface area (Å²) >= 11 is 0. The lowest BCUT2D eigenvalue weighted by atomic mass is 9.67. The molecule has 0 radical (unpaired) electrons. The number of amides is 2. The van der Waals surface area contributed by atoms with Crippen LogP contribution >= 0.6 is 0 Å². The molecular weight excluding hydrogens is 608 g/mol. The van der Waals surface area contributed by atoms with Gasteiger partial charge in [0.05, 0.1) is 23.7 Å². The van der Waals surface area contributed by atoms with Crippen LogP contribution in [-0.2, 0) is 43.0 Å². The fourth-order valence-electron chi connectivity index (χ4n) is 5.37. The number of hydrogen-bond donors (Lipinski definition) is 7. The molecule has 4 unspecified atom stereocenters. The van der Waals surface area contributed by atoms with Crippen LogP contribution in [-0.4, -0.2) is 118 Å². The van der Waals surface area contributed by atoms with E-state index < -0.39 is 92.3 Å². The molecule has 0 aromatic heterocycles. The number of aliphatic carboxylic acids is 3. The summed E-state index contributed by atoms with van der Waals surface area (Å²) in [6, 6.07) is -0.464. The average molecular weight is 653 g/mol. The number of rotatable bonds is 23. The molecule has 8 atom stereocenters. The van der Waals surface area contributed by atoms with E-state index in [1.165, 1.54) is 6.92 Å². The molecule has 2 amide bonds. The van der Waals surface area contributed by atoms with E-state index in [-0.39, 0.29) is 45.4 Å². The van der Waals surface area contributed by atoms with E-state index in [0.29, 0.717) is 0 Å². The fourth-order valence-corrected chi connectivity index (χ4v) is 6.02. The van der Waals surface area contributed by atoms with Crippen LogP contribution in [0.15, 0.2) is 0 Å². The second-order valence-corrected chi connectivity index (χ2v) is 12.4. The first-order valence-electron chi connectivity index (χ1n) is 14.1. The van der Waals surface area contributed by atoms with Gasteiger partial charge in [0.1, 0.15) is 18.1 Å². The number of carbonyl (C=O) groups excluding carboxylic acids is 4. The number of ether oxygens (including phenoxy) is 2. The van der Waals surface area contributed by atoms with Crippen molar-refractivity contribution in [1.82, 2.24) is 10.2 Å². The number of nitrogens with zero attached hydrogens (tertiary/aromatic N) is 1. The van der Waals surface area contributed by atoms with Gasteiger partial charge in [-0.25, -0.2) is 0 Å². The Labute approximate surface area is 255 Å². The third-order valence-corrected chi connectivity index (χ3v) is 8.65. The van der Waals surface area contributed by atoms with Gasteiger partial charge in [-0.3, -0.25) is 33.6 Å². The minimum Gasteiger partial charge on any atom is -0.481 e. The molecule has 44 heavy (non-hydrogen) atoms. The monoisotopic (exact) mass is 652 g/mol. The molecule has 0 spiro atoms. The lowest BCUT2D eigenvalue weighted by molar-refractivity contribution is -0.175. The van der Waals surface area contributed by atoms with Crippen LogP contribution in [0.2, 0.25) is 6.04 Å². The summed E-state index contributed by atoms with van der Waals surface area (Å²) in [4.78, 5) is 117. The van der Waals surface area contributed by atoms with Crippen molar-refractivity contribution in [3.63, 3.8) is 0 Å². The maximum atomic E-state index is 14.0. The zero-order valence-electron chi connectivity index (χ0n) is 25.3. The van der Waals surface area contributed by atoms with E-state index in [1.807, 2.05) is 0 Å². The molecule has 0 rings (SSSR count). The molecule has 18 heteroatoms. The van der Waals surface area contributed by atoms with Gasteiger partial charge in [0.25, 0.3) is 12.9 Å². The van der Waals surface area contributed by atoms with Crippen molar-refractivity contribution in [2.24, 2.45) is 35.5 Å². The first-order chi connectivity index (χ1) is 20.4. The summed E-state index contributed by atoms with van der Waals surface area (Å²) in [5.74, 6) is -17.8. The molecule has 0 bridgehead atoms. The van der Waals surface area contributed by atoms with Crippen molar-refractivity contribution in [2.75, 3.05) is 19.6 Å². The Morgan fingerprint density at radius 3 is 1.70 bits per heavy atom. The first kappa shape index (κ1) is 40.4. The highest BCUT2D eigenvalue weighted by atomic mass is 28.4. The zero-order chi connectivity index (χ0) is 34.4. The fraction of sp³-hybridized carbons (Fsp3) is 0.731. The van der Waals surface area contributed by atoms with Crippen LogP contribution in [0.1, 0.15) is 47.5 Å². The van der Waals surface area contributed by atoms with E-state index in [9.17, 15) is 63.3 Å². The number of carboxylic acids is 3. The Balaban J connectivity index is 7.40. The van der Waals surface area contributed by atoms with Crippen LogP contribution in [0.5, 0.6) is 0 Å². The van der Waals surface area contributed by atoms with Gasteiger partial charge in [0, 0.05) is 25.7 Å². The zero-order valence-corrected chi connectivity index (χ0v) is 26.3. The van der Waals surface area contributed by atoms with Gasteiger partial charge in [-0.2, -0.15) is 0 Å². The number of carboxylic acid groups (broad SMARTS) is 3. The van der Waals surface area contributed by atoms with E-state index in [4.69, 9.17) is 9.47 Å². The van der Waals surface area contributed by atoms with Gasteiger partial charge in [-0.05, 0) is 32.6 Å². The Morgan fingerprint density at radius 1 is 0.795 bits per heavy atom. The topological polar surface area (TPSA) is 275 Å². The Kier molecular flexibility index (Phi) is 17.4. The Hall–Kier alpha value is -3.61. The normalized spacial score (nSPS) is 16.9. The number of hydrogen-bond acceptors (Lipinski definition) is 12. The van der Waals surface area contributed by atoms with Crippen molar-refractivity contribution < 1.29 is 72.7 Å². The van der Waals surface area contributed by atoms with Crippen molar-refractivity contribution in [2.45, 2.75) is 65.7 Å². The molecule has 7 N–H and O–H groups in total. The predicted octanol–water partition coefficient (Wildman–Crippen LogP) is -1.24. The van der Waals surface area contributed by atoms with E-state index >= 15 is 0 Å². The molecule has 0 heterocycles. The second kappa shape index (κ2) is 18.9. The lowest BCUT2D eigenvalue weighted by Crippen LogP contribution is -2.57. The highest BCUT2D eigenvalue weighted by Crippen LogP contribution is 2.39. The molecular formula is C26H44N2O15Si. The highest BCUT2D eigenvalue weighted by molar-refractivity contribution is 6.56. The lowest BCUT2D eigenvalue weighted by Gasteiger charge is -2.41. The molecule has 0 aliphatic rings.